The lowest BCUT2D eigenvalue weighted by molar-refractivity contribution is -0.142. The summed E-state index contributed by atoms with van der Waals surface area (Å²) in [6, 6.07) is 8.71. The minimum atomic E-state index is -1.02. The highest BCUT2D eigenvalue weighted by Gasteiger charge is 2.46. The predicted octanol–water partition coefficient (Wildman–Crippen LogP) is 0.680. The second kappa shape index (κ2) is 5.40. The molecule has 0 aromatic heterocycles. The summed E-state index contributed by atoms with van der Waals surface area (Å²) in [5, 5.41) is 11.7. The fraction of sp³-hybridized carbons (Fsp3) is 0.429. The van der Waals surface area contributed by atoms with Gasteiger partial charge < -0.3 is 16.2 Å². The maximum Gasteiger partial charge on any atom is 0.326 e. The van der Waals surface area contributed by atoms with Crippen molar-refractivity contribution in [3.05, 3.63) is 35.9 Å². The summed E-state index contributed by atoms with van der Waals surface area (Å²) >= 11 is 0. The molecule has 0 spiro atoms. The lowest BCUT2D eigenvalue weighted by atomic mass is 10.0. The first-order valence-electron chi connectivity index (χ1n) is 6.38. The SMILES string of the molecule is NC1(C(=O)NC(CCc2ccccc2)C(=O)O)CC1. The highest BCUT2D eigenvalue weighted by molar-refractivity contribution is 5.92. The Morgan fingerprint density at radius 2 is 1.95 bits per heavy atom. The van der Waals surface area contributed by atoms with E-state index in [1.165, 1.54) is 0 Å². The Morgan fingerprint density at radius 3 is 2.47 bits per heavy atom. The van der Waals surface area contributed by atoms with E-state index >= 15 is 0 Å². The average Bonchev–Trinajstić information content (AvgIpc) is 3.14. The van der Waals surface area contributed by atoms with Gasteiger partial charge in [-0.05, 0) is 31.2 Å². The van der Waals surface area contributed by atoms with Gasteiger partial charge in [-0.1, -0.05) is 30.3 Å². The number of rotatable bonds is 6. The Morgan fingerprint density at radius 1 is 1.32 bits per heavy atom. The quantitative estimate of drug-likeness (QED) is 0.703. The lowest BCUT2D eigenvalue weighted by Crippen LogP contribution is -2.50. The van der Waals surface area contributed by atoms with Gasteiger partial charge in [0.15, 0.2) is 0 Å². The first kappa shape index (κ1) is 13.5. The van der Waals surface area contributed by atoms with Crippen LogP contribution in [0.3, 0.4) is 0 Å². The highest BCUT2D eigenvalue weighted by atomic mass is 16.4. The van der Waals surface area contributed by atoms with E-state index in [1.807, 2.05) is 30.3 Å². The van der Waals surface area contributed by atoms with Crippen molar-refractivity contribution in [1.82, 2.24) is 5.32 Å². The first-order valence-corrected chi connectivity index (χ1v) is 6.38. The third-order valence-electron chi connectivity index (χ3n) is 3.41. The number of carbonyl (C=O) groups excluding carboxylic acids is 1. The van der Waals surface area contributed by atoms with Gasteiger partial charge in [-0.15, -0.1) is 0 Å². The molecule has 0 aliphatic heterocycles. The van der Waals surface area contributed by atoms with Crippen LogP contribution in [0.25, 0.3) is 0 Å². The molecular weight excluding hydrogens is 244 g/mol. The Kier molecular flexibility index (Phi) is 3.85. The van der Waals surface area contributed by atoms with Gasteiger partial charge >= 0.3 is 5.97 Å². The zero-order chi connectivity index (χ0) is 13.9. The molecule has 5 heteroatoms. The minimum Gasteiger partial charge on any atom is -0.480 e. The van der Waals surface area contributed by atoms with Crippen molar-refractivity contribution in [1.29, 1.82) is 0 Å². The molecule has 4 N–H and O–H groups in total. The average molecular weight is 262 g/mol. The van der Waals surface area contributed by atoms with Crippen molar-refractivity contribution in [3.8, 4) is 0 Å². The van der Waals surface area contributed by atoms with E-state index in [0.29, 0.717) is 25.7 Å². The highest BCUT2D eigenvalue weighted by Crippen LogP contribution is 2.32. The summed E-state index contributed by atoms with van der Waals surface area (Å²) in [4.78, 5) is 22.9. The number of carboxylic acids is 1. The second-order valence-corrected chi connectivity index (χ2v) is 5.04. The summed E-state index contributed by atoms with van der Waals surface area (Å²) < 4.78 is 0. The fourth-order valence-corrected chi connectivity index (χ4v) is 1.88. The minimum absolute atomic E-state index is 0.354. The number of carbonyl (C=O) groups is 2. The van der Waals surface area contributed by atoms with Crippen LogP contribution >= 0.6 is 0 Å². The Labute approximate surface area is 111 Å². The molecule has 1 aromatic carbocycles. The smallest absolute Gasteiger partial charge is 0.326 e. The van der Waals surface area contributed by atoms with Crippen molar-refractivity contribution >= 4 is 11.9 Å². The summed E-state index contributed by atoms with van der Waals surface area (Å²) in [6.45, 7) is 0. The molecule has 2 rings (SSSR count). The maximum atomic E-state index is 11.8. The molecule has 1 unspecified atom stereocenters. The van der Waals surface area contributed by atoms with Crippen molar-refractivity contribution in [2.24, 2.45) is 5.73 Å². The van der Waals surface area contributed by atoms with Crippen LogP contribution in [-0.4, -0.2) is 28.6 Å². The van der Waals surface area contributed by atoms with Crippen LogP contribution in [0.4, 0.5) is 0 Å². The number of benzene rings is 1. The second-order valence-electron chi connectivity index (χ2n) is 5.04. The number of aryl methyl sites for hydroxylation is 1. The van der Waals surface area contributed by atoms with Gasteiger partial charge in [0.1, 0.15) is 6.04 Å². The first-order chi connectivity index (χ1) is 9.01. The van der Waals surface area contributed by atoms with Crippen molar-refractivity contribution in [2.45, 2.75) is 37.3 Å². The Balaban J connectivity index is 1.89. The molecule has 102 valence electrons. The van der Waals surface area contributed by atoms with Crippen molar-refractivity contribution < 1.29 is 14.7 Å². The van der Waals surface area contributed by atoms with Crippen LogP contribution < -0.4 is 11.1 Å². The zero-order valence-electron chi connectivity index (χ0n) is 10.6. The number of hydrogen-bond donors (Lipinski definition) is 3. The summed E-state index contributed by atoms with van der Waals surface area (Å²) in [5.74, 6) is -1.37. The van der Waals surface area contributed by atoms with Gasteiger partial charge in [-0.2, -0.15) is 0 Å². The van der Waals surface area contributed by atoms with E-state index in [2.05, 4.69) is 5.32 Å². The van der Waals surface area contributed by atoms with Gasteiger partial charge in [0, 0.05) is 0 Å². The van der Waals surface area contributed by atoms with E-state index in [0.717, 1.165) is 5.56 Å². The number of hydrogen-bond acceptors (Lipinski definition) is 3. The van der Waals surface area contributed by atoms with Gasteiger partial charge in [-0.25, -0.2) is 4.79 Å². The Bertz CT molecular complexity index is 469. The van der Waals surface area contributed by atoms with Crippen molar-refractivity contribution in [2.75, 3.05) is 0 Å². The molecule has 1 atom stereocenters. The van der Waals surface area contributed by atoms with Gasteiger partial charge in [0.05, 0.1) is 5.54 Å². The maximum absolute atomic E-state index is 11.8. The number of amides is 1. The van der Waals surface area contributed by atoms with Crippen LogP contribution in [0.5, 0.6) is 0 Å². The van der Waals surface area contributed by atoms with E-state index in [-0.39, 0.29) is 5.91 Å². The molecular formula is C14H18N2O3. The summed E-state index contributed by atoms with van der Waals surface area (Å²) in [6.07, 6.45) is 2.23. The third-order valence-corrected chi connectivity index (χ3v) is 3.41. The predicted molar refractivity (Wildman–Crippen MR) is 70.5 cm³/mol. The number of nitrogens with one attached hydrogen (secondary N) is 1. The van der Waals surface area contributed by atoms with Crippen LogP contribution in [0.15, 0.2) is 30.3 Å². The standard InChI is InChI=1S/C14H18N2O3/c15-14(8-9-14)13(19)16-11(12(17)18)7-6-10-4-2-1-3-5-10/h1-5,11H,6-9,15H2,(H,16,19)(H,17,18). The zero-order valence-corrected chi connectivity index (χ0v) is 10.6. The number of nitrogens with two attached hydrogens (primary N) is 1. The molecule has 0 heterocycles. The Hall–Kier alpha value is -1.88. The van der Waals surface area contributed by atoms with Crippen LogP contribution in [0.2, 0.25) is 0 Å². The van der Waals surface area contributed by atoms with Crippen LogP contribution in [0, 0.1) is 0 Å². The molecule has 1 fully saturated rings. The van der Waals surface area contributed by atoms with Gasteiger partial charge in [0.2, 0.25) is 5.91 Å². The molecule has 0 radical (unpaired) electrons. The normalized spacial score (nSPS) is 17.5. The van der Waals surface area contributed by atoms with E-state index < -0.39 is 17.6 Å². The monoisotopic (exact) mass is 262 g/mol. The van der Waals surface area contributed by atoms with E-state index in [1.54, 1.807) is 0 Å². The van der Waals surface area contributed by atoms with Crippen LogP contribution in [0.1, 0.15) is 24.8 Å². The third kappa shape index (κ3) is 3.54. The molecule has 5 nitrogen and oxygen atoms in total. The molecule has 0 bridgehead atoms. The lowest BCUT2D eigenvalue weighted by Gasteiger charge is -2.17. The largest absolute Gasteiger partial charge is 0.480 e. The number of aliphatic carboxylic acids is 1. The van der Waals surface area contributed by atoms with E-state index in [4.69, 9.17) is 10.8 Å². The molecule has 1 aliphatic carbocycles. The van der Waals surface area contributed by atoms with Gasteiger partial charge in [0.25, 0.3) is 0 Å². The topological polar surface area (TPSA) is 92.4 Å². The molecule has 1 amide bonds. The molecule has 1 saturated carbocycles. The molecule has 1 aliphatic rings. The number of carboxylic acid groups (broad SMARTS) is 1. The fourth-order valence-electron chi connectivity index (χ4n) is 1.88. The summed E-state index contributed by atoms with van der Waals surface area (Å²) in [5.41, 5.74) is 5.96. The van der Waals surface area contributed by atoms with Crippen molar-refractivity contribution in [3.63, 3.8) is 0 Å². The molecule has 1 aromatic rings. The summed E-state index contributed by atoms with van der Waals surface area (Å²) in [7, 11) is 0. The molecule has 0 saturated heterocycles. The van der Waals surface area contributed by atoms with E-state index in [9.17, 15) is 9.59 Å². The van der Waals surface area contributed by atoms with Gasteiger partial charge in [-0.3, -0.25) is 4.79 Å². The van der Waals surface area contributed by atoms with Crippen LogP contribution in [-0.2, 0) is 16.0 Å². The molecule has 19 heavy (non-hydrogen) atoms.